The number of carbonyl (C=O) groups is 2. The van der Waals surface area contributed by atoms with Crippen LogP contribution in [0.3, 0.4) is 0 Å². The summed E-state index contributed by atoms with van der Waals surface area (Å²) >= 11 is 0. The monoisotopic (exact) mass is 372 g/mol. The van der Waals surface area contributed by atoms with Crippen LogP contribution in [0.2, 0.25) is 0 Å². The first-order valence-corrected chi connectivity index (χ1v) is 9.47. The molecule has 27 heavy (non-hydrogen) atoms. The Bertz CT molecular complexity index is 783. The summed E-state index contributed by atoms with van der Waals surface area (Å²) in [6.45, 7) is 2.32. The minimum atomic E-state index is -0.591. The number of fused-ring (bicyclic) bond motifs is 1. The maximum Gasteiger partial charge on any atom is 0.338 e. The lowest BCUT2D eigenvalue weighted by Crippen LogP contribution is -2.45. The van der Waals surface area contributed by atoms with Crippen LogP contribution in [0.4, 0.5) is 4.79 Å². The molecular weight excluding hydrogens is 348 g/mol. The van der Waals surface area contributed by atoms with Crippen molar-refractivity contribution in [3.63, 3.8) is 0 Å². The second-order valence-electron chi connectivity index (χ2n) is 7.29. The summed E-state index contributed by atoms with van der Waals surface area (Å²) in [5.41, 5.74) is 1.68. The first-order chi connectivity index (χ1) is 13.1. The van der Waals surface area contributed by atoms with Crippen molar-refractivity contribution in [1.29, 1.82) is 0 Å². The fraction of sp³-hybridized carbons (Fsp3) is 0.500. The number of ether oxygens (including phenoxy) is 3. The Morgan fingerprint density at radius 2 is 1.96 bits per heavy atom. The third kappa shape index (κ3) is 3.72. The van der Waals surface area contributed by atoms with Crippen LogP contribution in [0.1, 0.15) is 50.6 Å². The maximum absolute atomic E-state index is 12.8. The van der Waals surface area contributed by atoms with Crippen molar-refractivity contribution in [3.8, 4) is 11.5 Å². The normalized spacial score (nSPS) is 22.3. The Morgan fingerprint density at radius 1 is 1.19 bits per heavy atom. The third-order valence-corrected chi connectivity index (χ3v) is 5.39. The van der Waals surface area contributed by atoms with Crippen molar-refractivity contribution in [2.75, 3.05) is 13.4 Å². The van der Waals surface area contributed by atoms with Crippen LogP contribution in [-0.2, 0) is 9.53 Å². The van der Waals surface area contributed by atoms with E-state index < -0.39 is 12.0 Å². The van der Waals surface area contributed by atoms with Gasteiger partial charge in [-0.1, -0.05) is 25.3 Å². The van der Waals surface area contributed by atoms with Crippen LogP contribution in [0, 0.1) is 5.92 Å². The lowest BCUT2D eigenvalue weighted by atomic mass is 9.90. The first kappa shape index (κ1) is 17.7. The van der Waals surface area contributed by atoms with E-state index in [9.17, 15) is 9.59 Å². The minimum absolute atomic E-state index is 0.169. The van der Waals surface area contributed by atoms with Gasteiger partial charge in [-0.2, -0.15) is 0 Å². The molecule has 7 nitrogen and oxygen atoms in total. The van der Waals surface area contributed by atoms with Gasteiger partial charge in [-0.05, 0) is 43.4 Å². The van der Waals surface area contributed by atoms with Gasteiger partial charge in [-0.3, -0.25) is 0 Å². The van der Waals surface area contributed by atoms with E-state index >= 15 is 0 Å². The highest BCUT2D eigenvalue weighted by Gasteiger charge is 2.33. The van der Waals surface area contributed by atoms with E-state index in [2.05, 4.69) is 10.6 Å². The molecular formula is C20H24N2O5. The number of allylic oxidation sites excluding steroid dienone is 1. The van der Waals surface area contributed by atoms with Gasteiger partial charge in [0, 0.05) is 5.70 Å². The zero-order chi connectivity index (χ0) is 18.8. The number of esters is 1. The molecule has 1 aromatic carbocycles. The predicted octanol–water partition coefficient (Wildman–Crippen LogP) is 3.17. The number of rotatable bonds is 4. The maximum atomic E-state index is 12.8. The van der Waals surface area contributed by atoms with Crippen LogP contribution in [0.15, 0.2) is 29.5 Å². The fourth-order valence-electron chi connectivity index (χ4n) is 3.93. The molecule has 3 aliphatic rings. The highest BCUT2D eigenvalue weighted by molar-refractivity contribution is 5.95. The zero-order valence-corrected chi connectivity index (χ0v) is 15.4. The molecule has 1 saturated carbocycles. The van der Waals surface area contributed by atoms with E-state index in [0.29, 0.717) is 35.3 Å². The van der Waals surface area contributed by atoms with Gasteiger partial charge in [0.2, 0.25) is 6.79 Å². The summed E-state index contributed by atoms with van der Waals surface area (Å²) < 4.78 is 16.4. The molecule has 1 aliphatic carbocycles. The second-order valence-corrected chi connectivity index (χ2v) is 7.29. The summed E-state index contributed by atoms with van der Waals surface area (Å²) in [7, 11) is 0. The Morgan fingerprint density at radius 3 is 2.78 bits per heavy atom. The van der Waals surface area contributed by atoms with Crippen molar-refractivity contribution in [2.24, 2.45) is 5.92 Å². The van der Waals surface area contributed by atoms with E-state index in [4.69, 9.17) is 14.2 Å². The number of hydrogen-bond acceptors (Lipinski definition) is 5. The van der Waals surface area contributed by atoms with Gasteiger partial charge >= 0.3 is 12.0 Å². The highest BCUT2D eigenvalue weighted by atomic mass is 16.7. The third-order valence-electron chi connectivity index (χ3n) is 5.39. The van der Waals surface area contributed by atoms with Crippen molar-refractivity contribution in [1.82, 2.24) is 10.6 Å². The number of benzene rings is 1. The molecule has 0 bridgehead atoms. The number of carbonyl (C=O) groups excluding carboxylic acids is 2. The topological polar surface area (TPSA) is 85.9 Å². The molecule has 2 aliphatic heterocycles. The molecule has 0 saturated heterocycles. The van der Waals surface area contributed by atoms with Gasteiger partial charge in [0.1, 0.15) is 0 Å². The molecule has 2 N–H and O–H groups in total. The quantitative estimate of drug-likeness (QED) is 0.793. The molecule has 1 fully saturated rings. The molecule has 0 radical (unpaired) electrons. The molecule has 0 aromatic heterocycles. The minimum Gasteiger partial charge on any atom is -0.462 e. The molecule has 144 valence electrons. The molecule has 4 rings (SSSR count). The van der Waals surface area contributed by atoms with Crippen molar-refractivity contribution in [2.45, 2.75) is 45.1 Å². The number of hydrogen-bond donors (Lipinski definition) is 2. The first-order valence-electron chi connectivity index (χ1n) is 9.47. The summed E-state index contributed by atoms with van der Waals surface area (Å²) in [6, 6.07) is 4.46. The van der Waals surface area contributed by atoms with Gasteiger partial charge in [-0.15, -0.1) is 0 Å². The standard InChI is InChI=1S/C20H24N2O5/c1-12-17(19(23)25-10-13-5-3-2-4-6-13)18(22-20(24)21-12)14-7-8-15-16(9-14)27-11-26-15/h7-9,13,18H,2-6,10-11H2,1H3,(H2,21,22,24)/t18-/m0/s1. The van der Waals surface area contributed by atoms with Crippen LogP contribution in [0.25, 0.3) is 0 Å². The lowest BCUT2D eigenvalue weighted by Gasteiger charge is -2.29. The highest BCUT2D eigenvalue weighted by Crippen LogP contribution is 2.37. The van der Waals surface area contributed by atoms with Crippen LogP contribution in [-0.4, -0.2) is 25.4 Å². The van der Waals surface area contributed by atoms with E-state index in [1.165, 1.54) is 19.3 Å². The Hall–Kier alpha value is -2.70. The van der Waals surface area contributed by atoms with E-state index in [1.54, 1.807) is 19.1 Å². The molecule has 1 aromatic rings. The molecule has 0 spiro atoms. The summed E-state index contributed by atoms with van der Waals surface area (Å²) in [5.74, 6) is 1.29. The summed E-state index contributed by atoms with van der Waals surface area (Å²) in [6.07, 6.45) is 5.86. The SMILES string of the molecule is CC1=C(C(=O)OCC2CCCCC2)[C@H](c2ccc3c(c2)OCO3)NC(=O)N1. The number of nitrogens with one attached hydrogen (secondary N) is 2. The Kier molecular flexibility index (Phi) is 4.92. The van der Waals surface area contributed by atoms with E-state index in [0.717, 1.165) is 18.4 Å². The predicted molar refractivity (Wildman–Crippen MR) is 97.2 cm³/mol. The van der Waals surface area contributed by atoms with Crippen molar-refractivity contribution >= 4 is 12.0 Å². The second kappa shape index (κ2) is 7.50. The molecule has 1 atom stereocenters. The van der Waals surface area contributed by atoms with Crippen LogP contribution in [0.5, 0.6) is 11.5 Å². The lowest BCUT2D eigenvalue weighted by molar-refractivity contribution is -0.141. The zero-order valence-electron chi connectivity index (χ0n) is 15.4. The average Bonchev–Trinajstić information content (AvgIpc) is 3.14. The van der Waals surface area contributed by atoms with Crippen LogP contribution < -0.4 is 20.1 Å². The Balaban J connectivity index is 1.54. The van der Waals surface area contributed by atoms with Gasteiger partial charge < -0.3 is 24.8 Å². The van der Waals surface area contributed by atoms with Crippen molar-refractivity contribution < 1.29 is 23.8 Å². The van der Waals surface area contributed by atoms with Crippen molar-refractivity contribution in [3.05, 3.63) is 35.0 Å². The van der Waals surface area contributed by atoms with E-state index in [1.807, 2.05) is 6.07 Å². The average molecular weight is 372 g/mol. The van der Waals surface area contributed by atoms with E-state index in [-0.39, 0.29) is 12.8 Å². The smallest absolute Gasteiger partial charge is 0.338 e. The fourth-order valence-corrected chi connectivity index (χ4v) is 3.93. The largest absolute Gasteiger partial charge is 0.462 e. The number of amides is 2. The molecule has 2 heterocycles. The summed E-state index contributed by atoms with van der Waals surface area (Å²) in [5, 5.41) is 5.49. The summed E-state index contributed by atoms with van der Waals surface area (Å²) in [4.78, 5) is 24.8. The molecule has 0 unspecified atom stereocenters. The van der Waals surface area contributed by atoms with Gasteiger partial charge in [0.25, 0.3) is 0 Å². The van der Waals surface area contributed by atoms with Gasteiger partial charge in [0.05, 0.1) is 18.2 Å². The molecule has 7 heteroatoms. The van der Waals surface area contributed by atoms with Crippen LogP contribution >= 0.6 is 0 Å². The Labute approximate surface area is 158 Å². The van der Waals surface area contributed by atoms with Gasteiger partial charge in [0.15, 0.2) is 11.5 Å². The molecule has 2 amide bonds. The van der Waals surface area contributed by atoms with Gasteiger partial charge in [-0.25, -0.2) is 9.59 Å². The number of urea groups is 1.